The largest absolute Gasteiger partial charge is 0.481 e. The van der Waals surface area contributed by atoms with Crippen LogP contribution in [0.4, 0.5) is 0 Å². The van der Waals surface area contributed by atoms with Crippen molar-refractivity contribution < 1.29 is 9.90 Å². The van der Waals surface area contributed by atoms with Crippen molar-refractivity contribution in [2.75, 3.05) is 0 Å². The van der Waals surface area contributed by atoms with E-state index >= 15 is 0 Å². The third-order valence-electron chi connectivity index (χ3n) is 2.99. The fourth-order valence-corrected chi connectivity index (χ4v) is 2.01. The van der Waals surface area contributed by atoms with Crippen LogP contribution in [0.5, 0.6) is 0 Å². The van der Waals surface area contributed by atoms with Crippen molar-refractivity contribution >= 4 is 5.97 Å². The number of hydrogen-bond donors (Lipinski definition) is 2. The Kier molecular flexibility index (Phi) is 3.31. The second-order valence-electron chi connectivity index (χ2n) is 4.33. The van der Waals surface area contributed by atoms with E-state index in [0.29, 0.717) is 12.0 Å². The zero-order valence-electron chi connectivity index (χ0n) is 8.58. The summed E-state index contributed by atoms with van der Waals surface area (Å²) < 4.78 is 0. The molecule has 3 nitrogen and oxygen atoms in total. The Morgan fingerprint density at radius 2 is 2.08 bits per heavy atom. The molecule has 0 saturated carbocycles. The third-order valence-corrected chi connectivity index (χ3v) is 2.99. The Balaban J connectivity index is 2.51. The predicted octanol–water partition coefficient (Wildman–Crippen LogP) is 1.48. The maximum atomic E-state index is 10.8. The SMILES string of the molecule is CC(C)[C@@H]1CC[C@H](C(=O)O)[C@@H](C)N1. The molecule has 1 aliphatic rings. The van der Waals surface area contributed by atoms with E-state index in [1.807, 2.05) is 6.92 Å². The Morgan fingerprint density at radius 3 is 2.46 bits per heavy atom. The van der Waals surface area contributed by atoms with Crippen molar-refractivity contribution in [3.05, 3.63) is 0 Å². The lowest BCUT2D eigenvalue weighted by Gasteiger charge is -2.35. The Morgan fingerprint density at radius 1 is 1.46 bits per heavy atom. The van der Waals surface area contributed by atoms with Gasteiger partial charge in [-0.2, -0.15) is 0 Å². The van der Waals surface area contributed by atoms with Gasteiger partial charge < -0.3 is 10.4 Å². The average Bonchev–Trinajstić information content (AvgIpc) is 2.03. The van der Waals surface area contributed by atoms with Crippen LogP contribution >= 0.6 is 0 Å². The lowest BCUT2D eigenvalue weighted by Crippen LogP contribution is -2.50. The van der Waals surface area contributed by atoms with Crippen LogP contribution in [0.1, 0.15) is 33.6 Å². The van der Waals surface area contributed by atoms with Crippen molar-refractivity contribution in [1.29, 1.82) is 0 Å². The smallest absolute Gasteiger partial charge is 0.308 e. The minimum Gasteiger partial charge on any atom is -0.481 e. The summed E-state index contributed by atoms with van der Waals surface area (Å²) in [6.45, 7) is 6.31. The average molecular weight is 185 g/mol. The van der Waals surface area contributed by atoms with E-state index in [1.54, 1.807) is 0 Å². The highest BCUT2D eigenvalue weighted by molar-refractivity contribution is 5.71. The number of carboxylic acids is 1. The molecule has 0 radical (unpaired) electrons. The van der Waals surface area contributed by atoms with Gasteiger partial charge in [0.1, 0.15) is 0 Å². The van der Waals surface area contributed by atoms with Crippen LogP contribution in [0.3, 0.4) is 0 Å². The first-order valence-electron chi connectivity index (χ1n) is 5.01. The fraction of sp³-hybridized carbons (Fsp3) is 0.900. The Hall–Kier alpha value is -0.570. The number of hydrogen-bond acceptors (Lipinski definition) is 2. The second kappa shape index (κ2) is 4.09. The normalized spacial score (nSPS) is 34.9. The van der Waals surface area contributed by atoms with Crippen LogP contribution in [0.25, 0.3) is 0 Å². The van der Waals surface area contributed by atoms with E-state index in [0.717, 1.165) is 12.8 Å². The van der Waals surface area contributed by atoms with E-state index in [4.69, 9.17) is 5.11 Å². The summed E-state index contributed by atoms with van der Waals surface area (Å²) in [5, 5.41) is 12.3. The molecule has 3 heteroatoms. The first kappa shape index (κ1) is 10.5. The van der Waals surface area contributed by atoms with E-state index in [1.165, 1.54) is 0 Å². The number of carbonyl (C=O) groups is 1. The van der Waals surface area contributed by atoms with Gasteiger partial charge in [0.15, 0.2) is 0 Å². The zero-order chi connectivity index (χ0) is 10.0. The van der Waals surface area contributed by atoms with Gasteiger partial charge in [0.05, 0.1) is 5.92 Å². The van der Waals surface area contributed by atoms with Crippen LogP contribution in [0.2, 0.25) is 0 Å². The highest BCUT2D eigenvalue weighted by atomic mass is 16.4. The third kappa shape index (κ3) is 2.44. The Labute approximate surface area is 79.5 Å². The van der Waals surface area contributed by atoms with Crippen LogP contribution in [0.15, 0.2) is 0 Å². The molecule has 0 aliphatic carbocycles. The summed E-state index contributed by atoms with van der Waals surface area (Å²) in [6, 6.07) is 0.601. The summed E-state index contributed by atoms with van der Waals surface area (Å²) in [5.74, 6) is -0.269. The first-order chi connectivity index (χ1) is 6.02. The molecule has 1 rings (SSSR count). The van der Waals surface area contributed by atoms with Crippen LogP contribution in [0, 0.1) is 11.8 Å². The van der Waals surface area contributed by atoms with Gasteiger partial charge in [-0.25, -0.2) is 0 Å². The highest BCUT2D eigenvalue weighted by Gasteiger charge is 2.32. The van der Waals surface area contributed by atoms with Gasteiger partial charge in [-0.05, 0) is 25.7 Å². The fourth-order valence-electron chi connectivity index (χ4n) is 2.01. The van der Waals surface area contributed by atoms with Gasteiger partial charge in [0, 0.05) is 12.1 Å². The molecular weight excluding hydrogens is 166 g/mol. The number of piperidine rings is 1. The van der Waals surface area contributed by atoms with E-state index in [2.05, 4.69) is 19.2 Å². The summed E-state index contributed by atoms with van der Waals surface area (Å²) >= 11 is 0. The molecular formula is C10H19NO2. The summed E-state index contributed by atoms with van der Waals surface area (Å²) in [5.41, 5.74) is 0. The maximum absolute atomic E-state index is 10.8. The predicted molar refractivity (Wildman–Crippen MR) is 51.6 cm³/mol. The van der Waals surface area contributed by atoms with Crippen molar-refractivity contribution in [3.8, 4) is 0 Å². The van der Waals surface area contributed by atoms with E-state index in [9.17, 15) is 4.79 Å². The molecule has 2 N–H and O–H groups in total. The highest BCUT2D eigenvalue weighted by Crippen LogP contribution is 2.23. The number of carboxylic acid groups (broad SMARTS) is 1. The molecule has 13 heavy (non-hydrogen) atoms. The summed E-state index contributed by atoms with van der Waals surface area (Å²) in [7, 11) is 0. The number of aliphatic carboxylic acids is 1. The molecule has 0 spiro atoms. The van der Waals surface area contributed by atoms with Gasteiger partial charge in [-0.3, -0.25) is 4.79 Å². The standard InChI is InChI=1S/C10H19NO2/c1-6(2)9-5-4-8(10(12)13)7(3)11-9/h6-9,11H,4-5H2,1-3H3,(H,12,13)/t7-,8+,9+/m1/s1. The molecule has 76 valence electrons. The quantitative estimate of drug-likeness (QED) is 0.685. The minimum atomic E-state index is -0.665. The molecule has 1 fully saturated rings. The molecule has 0 bridgehead atoms. The van der Waals surface area contributed by atoms with Gasteiger partial charge in [-0.15, -0.1) is 0 Å². The minimum absolute atomic E-state index is 0.110. The lowest BCUT2D eigenvalue weighted by molar-refractivity contribution is -0.143. The van der Waals surface area contributed by atoms with Gasteiger partial charge in [0.2, 0.25) is 0 Å². The molecule has 1 aliphatic heterocycles. The molecule has 0 amide bonds. The molecule has 1 heterocycles. The van der Waals surface area contributed by atoms with Crippen molar-refractivity contribution in [1.82, 2.24) is 5.32 Å². The van der Waals surface area contributed by atoms with Gasteiger partial charge >= 0.3 is 5.97 Å². The van der Waals surface area contributed by atoms with Crippen LogP contribution < -0.4 is 5.32 Å². The van der Waals surface area contributed by atoms with Crippen molar-refractivity contribution in [2.24, 2.45) is 11.8 Å². The zero-order valence-corrected chi connectivity index (χ0v) is 8.58. The second-order valence-corrected chi connectivity index (χ2v) is 4.33. The van der Waals surface area contributed by atoms with Crippen LogP contribution in [-0.4, -0.2) is 23.2 Å². The molecule has 0 aromatic heterocycles. The maximum Gasteiger partial charge on any atom is 0.308 e. The number of rotatable bonds is 2. The summed E-state index contributed by atoms with van der Waals surface area (Å²) in [6.07, 6.45) is 1.80. The molecule has 0 aromatic rings. The Bertz CT molecular complexity index is 191. The van der Waals surface area contributed by atoms with Crippen LogP contribution in [-0.2, 0) is 4.79 Å². The van der Waals surface area contributed by atoms with E-state index in [-0.39, 0.29) is 12.0 Å². The van der Waals surface area contributed by atoms with E-state index < -0.39 is 5.97 Å². The van der Waals surface area contributed by atoms with Gasteiger partial charge in [-0.1, -0.05) is 13.8 Å². The van der Waals surface area contributed by atoms with Crippen molar-refractivity contribution in [2.45, 2.75) is 45.7 Å². The molecule has 0 aromatic carbocycles. The molecule has 0 unspecified atom stereocenters. The topological polar surface area (TPSA) is 49.3 Å². The molecule has 3 atom stereocenters. The summed E-state index contributed by atoms with van der Waals surface area (Å²) in [4.78, 5) is 10.8. The van der Waals surface area contributed by atoms with Crippen molar-refractivity contribution in [3.63, 3.8) is 0 Å². The molecule has 1 saturated heterocycles. The number of nitrogens with one attached hydrogen (secondary N) is 1. The van der Waals surface area contributed by atoms with Gasteiger partial charge in [0.25, 0.3) is 0 Å². The monoisotopic (exact) mass is 185 g/mol. The first-order valence-corrected chi connectivity index (χ1v) is 5.01. The lowest BCUT2D eigenvalue weighted by atomic mass is 9.84.